The van der Waals surface area contributed by atoms with Gasteiger partial charge in [-0.3, -0.25) is 0 Å². The molecule has 0 saturated carbocycles. The standard InChI is InChI=1S/C12H15F3N2O2S/c1-7-6-16-5-4-9(7)17-20(18,19)10-3-2-8(13)11(14)12(10)15/h2-3,7,9,16-17H,4-6H2,1H3. The van der Waals surface area contributed by atoms with E-state index >= 15 is 0 Å². The Balaban J connectivity index is 2.29. The largest absolute Gasteiger partial charge is 0.316 e. The van der Waals surface area contributed by atoms with Crippen molar-refractivity contribution in [2.45, 2.75) is 24.3 Å². The van der Waals surface area contributed by atoms with Crippen molar-refractivity contribution < 1.29 is 21.6 Å². The van der Waals surface area contributed by atoms with E-state index in [1.165, 1.54) is 0 Å². The lowest BCUT2D eigenvalue weighted by atomic mass is 9.97. The maximum atomic E-state index is 13.6. The van der Waals surface area contributed by atoms with Crippen molar-refractivity contribution in [1.82, 2.24) is 10.0 Å². The van der Waals surface area contributed by atoms with E-state index in [2.05, 4.69) is 10.0 Å². The molecule has 2 atom stereocenters. The third-order valence-electron chi connectivity index (χ3n) is 3.38. The lowest BCUT2D eigenvalue weighted by molar-refractivity contribution is 0.327. The Kier molecular flexibility index (Phi) is 4.36. The van der Waals surface area contributed by atoms with E-state index in [0.717, 1.165) is 6.07 Å². The molecule has 4 nitrogen and oxygen atoms in total. The van der Waals surface area contributed by atoms with Crippen LogP contribution >= 0.6 is 0 Å². The van der Waals surface area contributed by atoms with Crippen LogP contribution in [0.4, 0.5) is 13.2 Å². The summed E-state index contributed by atoms with van der Waals surface area (Å²) >= 11 is 0. The second-order valence-corrected chi connectivity index (χ2v) is 6.55. The van der Waals surface area contributed by atoms with Gasteiger partial charge < -0.3 is 5.32 Å². The predicted octanol–water partition coefficient (Wildman–Crippen LogP) is 1.38. The van der Waals surface area contributed by atoms with Gasteiger partial charge in [0.1, 0.15) is 4.90 Å². The van der Waals surface area contributed by atoms with E-state index in [1.54, 1.807) is 0 Å². The minimum atomic E-state index is -4.22. The summed E-state index contributed by atoms with van der Waals surface area (Å²) in [5.41, 5.74) is 0. The fourth-order valence-electron chi connectivity index (χ4n) is 2.17. The molecule has 0 spiro atoms. The van der Waals surface area contributed by atoms with Crippen LogP contribution in [0.5, 0.6) is 0 Å². The molecular formula is C12H15F3N2O2S. The van der Waals surface area contributed by atoms with Crippen LogP contribution in [0, 0.1) is 23.4 Å². The molecule has 112 valence electrons. The molecule has 1 aromatic carbocycles. The normalized spacial score (nSPS) is 23.8. The Morgan fingerprint density at radius 1 is 1.25 bits per heavy atom. The monoisotopic (exact) mass is 308 g/mol. The van der Waals surface area contributed by atoms with Crippen molar-refractivity contribution >= 4 is 10.0 Å². The summed E-state index contributed by atoms with van der Waals surface area (Å²) in [6, 6.07) is 0.953. The second-order valence-electron chi connectivity index (χ2n) is 4.87. The molecule has 8 heteroatoms. The van der Waals surface area contributed by atoms with Gasteiger partial charge in [0.2, 0.25) is 10.0 Å². The number of hydrogen-bond donors (Lipinski definition) is 2. The zero-order valence-corrected chi connectivity index (χ0v) is 11.6. The number of halogens is 3. The maximum absolute atomic E-state index is 13.6. The van der Waals surface area contributed by atoms with Gasteiger partial charge >= 0.3 is 0 Å². The van der Waals surface area contributed by atoms with Gasteiger partial charge in [0, 0.05) is 6.04 Å². The molecule has 1 aliphatic rings. The number of rotatable bonds is 3. The van der Waals surface area contributed by atoms with Crippen LogP contribution < -0.4 is 10.0 Å². The quantitative estimate of drug-likeness (QED) is 0.830. The van der Waals surface area contributed by atoms with Crippen LogP contribution in [-0.2, 0) is 10.0 Å². The van der Waals surface area contributed by atoms with E-state index in [4.69, 9.17) is 0 Å². The Morgan fingerprint density at radius 3 is 2.60 bits per heavy atom. The SMILES string of the molecule is CC1CNCCC1NS(=O)(=O)c1ccc(F)c(F)c1F. The Morgan fingerprint density at radius 2 is 1.95 bits per heavy atom. The molecule has 1 saturated heterocycles. The van der Waals surface area contributed by atoms with Crippen LogP contribution in [0.2, 0.25) is 0 Å². The van der Waals surface area contributed by atoms with Gasteiger partial charge in [-0.05, 0) is 37.6 Å². The first-order chi connectivity index (χ1) is 9.33. The third kappa shape index (κ3) is 2.97. The van der Waals surface area contributed by atoms with Crippen molar-refractivity contribution in [2.75, 3.05) is 13.1 Å². The summed E-state index contributed by atoms with van der Waals surface area (Å²) in [5, 5.41) is 3.10. The second kappa shape index (κ2) is 5.71. The first-order valence-corrected chi connectivity index (χ1v) is 7.68. The van der Waals surface area contributed by atoms with Crippen molar-refractivity contribution in [3.8, 4) is 0 Å². The highest BCUT2D eigenvalue weighted by molar-refractivity contribution is 7.89. The molecule has 0 aliphatic carbocycles. The van der Waals surface area contributed by atoms with Crippen molar-refractivity contribution in [2.24, 2.45) is 5.92 Å². The highest BCUT2D eigenvalue weighted by Crippen LogP contribution is 2.21. The minimum Gasteiger partial charge on any atom is -0.316 e. The molecule has 1 fully saturated rings. The maximum Gasteiger partial charge on any atom is 0.243 e. The van der Waals surface area contributed by atoms with E-state index < -0.39 is 32.4 Å². The predicted molar refractivity (Wildman–Crippen MR) is 67.1 cm³/mol. The minimum absolute atomic E-state index is 0.0203. The summed E-state index contributed by atoms with van der Waals surface area (Å²) < 4.78 is 66.0. The highest BCUT2D eigenvalue weighted by atomic mass is 32.2. The van der Waals surface area contributed by atoms with Gasteiger partial charge in [0.15, 0.2) is 17.5 Å². The molecule has 1 aromatic rings. The van der Waals surface area contributed by atoms with Gasteiger partial charge in [-0.25, -0.2) is 26.3 Å². The van der Waals surface area contributed by atoms with Crippen LogP contribution in [0.3, 0.4) is 0 Å². The topological polar surface area (TPSA) is 58.2 Å². The molecular weight excluding hydrogens is 293 g/mol. The van der Waals surface area contributed by atoms with E-state index in [1.807, 2.05) is 6.92 Å². The molecule has 2 rings (SSSR count). The van der Waals surface area contributed by atoms with Crippen LogP contribution in [0.15, 0.2) is 17.0 Å². The molecule has 2 N–H and O–H groups in total. The van der Waals surface area contributed by atoms with Gasteiger partial charge in [-0.2, -0.15) is 0 Å². The molecule has 1 aliphatic heterocycles. The molecule has 0 aromatic heterocycles. The lowest BCUT2D eigenvalue weighted by Gasteiger charge is -2.30. The number of nitrogens with one attached hydrogen (secondary N) is 2. The summed E-state index contributed by atoms with van der Waals surface area (Å²) in [6.07, 6.45) is 0.547. The number of benzene rings is 1. The first-order valence-electron chi connectivity index (χ1n) is 6.19. The fourth-order valence-corrected chi connectivity index (χ4v) is 3.62. The average Bonchev–Trinajstić information content (AvgIpc) is 2.38. The highest BCUT2D eigenvalue weighted by Gasteiger charge is 2.29. The van der Waals surface area contributed by atoms with E-state index in [0.29, 0.717) is 25.6 Å². The first kappa shape index (κ1) is 15.3. The van der Waals surface area contributed by atoms with Crippen LogP contribution in [0.25, 0.3) is 0 Å². The molecule has 0 amide bonds. The number of piperidine rings is 1. The molecule has 0 radical (unpaired) electrons. The zero-order valence-electron chi connectivity index (χ0n) is 10.8. The Bertz CT molecular complexity index is 607. The fraction of sp³-hybridized carbons (Fsp3) is 0.500. The van der Waals surface area contributed by atoms with Gasteiger partial charge in [0.25, 0.3) is 0 Å². The summed E-state index contributed by atoms with van der Waals surface area (Å²) in [7, 11) is -4.22. The van der Waals surface area contributed by atoms with Crippen molar-refractivity contribution in [3.05, 3.63) is 29.6 Å². The van der Waals surface area contributed by atoms with Gasteiger partial charge in [0.05, 0.1) is 0 Å². The molecule has 1 heterocycles. The van der Waals surface area contributed by atoms with Crippen molar-refractivity contribution in [3.63, 3.8) is 0 Å². The zero-order chi connectivity index (χ0) is 14.9. The van der Waals surface area contributed by atoms with E-state index in [-0.39, 0.29) is 12.0 Å². The Labute approximate surface area is 115 Å². The summed E-state index contributed by atoms with van der Waals surface area (Å²) in [6.45, 7) is 3.12. The number of hydrogen-bond acceptors (Lipinski definition) is 3. The van der Waals surface area contributed by atoms with Crippen LogP contribution in [-0.4, -0.2) is 27.5 Å². The molecule has 2 unspecified atom stereocenters. The third-order valence-corrected chi connectivity index (χ3v) is 4.89. The summed E-state index contributed by atoms with van der Waals surface area (Å²) in [4.78, 5) is -0.873. The number of sulfonamides is 1. The van der Waals surface area contributed by atoms with Gasteiger partial charge in [-0.1, -0.05) is 6.92 Å². The molecule has 0 bridgehead atoms. The summed E-state index contributed by atoms with van der Waals surface area (Å²) in [5.74, 6) is -4.88. The average molecular weight is 308 g/mol. The lowest BCUT2D eigenvalue weighted by Crippen LogP contribution is -2.48. The molecule has 20 heavy (non-hydrogen) atoms. The van der Waals surface area contributed by atoms with Crippen LogP contribution in [0.1, 0.15) is 13.3 Å². The van der Waals surface area contributed by atoms with Gasteiger partial charge in [-0.15, -0.1) is 0 Å². The van der Waals surface area contributed by atoms with Crippen molar-refractivity contribution in [1.29, 1.82) is 0 Å². The van der Waals surface area contributed by atoms with E-state index in [9.17, 15) is 21.6 Å². The smallest absolute Gasteiger partial charge is 0.243 e. The Hall–Kier alpha value is -1.12.